The molecule has 0 saturated heterocycles. The Kier molecular flexibility index (Phi) is 5.48. The third-order valence-electron chi connectivity index (χ3n) is 5.09. The summed E-state index contributed by atoms with van der Waals surface area (Å²) >= 11 is 1.42. The first kappa shape index (κ1) is 18.7. The van der Waals surface area contributed by atoms with E-state index in [2.05, 4.69) is 52.8 Å². The highest BCUT2D eigenvalue weighted by atomic mass is 32.2. The fraction of sp³-hybridized carbons (Fsp3) is 0.318. The van der Waals surface area contributed by atoms with Crippen LogP contribution >= 0.6 is 11.8 Å². The Labute approximate surface area is 169 Å². The minimum atomic E-state index is 0.0307. The van der Waals surface area contributed by atoms with Crippen molar-refractivity contribution in [2.45, 2.75) is 44.3 Å². The predicted octanol–water partition coefficient (Wildman–Crippen LogP) is 4.17. The van der Waals surface area contributed by atoms with E-state index in [0.717, 1.165) is 35.9 Å². The SMILES string of the molecule is Cc1cccc(-n2c(C)nnc2SCC(=O)N[C@@H]2CCCc3ccccc32)c1. The van der Waals surface area contributed by atoms with Crippen LogP contribution in [-0.2, 0) is 11.2 Å². The van der Waals surface area contributed by atoms with Crippen molar-refractivity contribution in [1.82, 2.24) is 20.1 Å². The molecule has 0 spiro atoms. The van der Waals surface area contributed by atoms with Gasteiger partial charge in [0.2, 0.25) is 5.91 Å². The number of benzene rings is 2. The smallest absolute Gasteiger partial charge is 0.230 e. The molecular formula is C22H24N4OS. The lowest BCUT2D eigenvalue weighted by Gasteiger charge is -2.26. The van der Waals surface area contributed by atoms with Crippen LogP contribution in [-0.4, -0.2) is 26.4 Å². The van der Waals surface area contributed by atoms with E-state index in [1.165, 1.54) is 28.5 Å². The van der Waals surface area contributed by atoms with Crippen LogP contribution in [0.25, 0.3) is 5.69 Å². The van der Waals surface area contributed by atoms with Crippen LogP contribution in [0.1, 0.15) is 41.4 Å². The minimum absolute atomic E-state index is 0.0307. The Bertz CT molecular complexity index is 998. The van der Waals surface area contributed by atoms with Gasteiger partial charge in [-0.2, -0.15) is 0 Å². The highest BCUT2D eigenvalue weighted by Crippen LogP contribution is 2.30. The summed E-state index contributed by atoms with van der Waals surface area (Å²) in [6, 6.07) is 16.7. The van der Waals surface area contributed by atoms with Gasteiger partial charge in [0.25, 0.3) is 0 Å². The van der Waals surface area contributed by atoms with E-state index in [0.29, 0.717) is 5.75 Å². The lowest BCUT2D eigenvalue weighted by molar-refractivity contribution is -0.119. The van der Waals surface area contributed by atoms with Crippen molar-refractivity contribution in [3.63, 3.8) is 0 Å². The average molecular weight is 393 g/mol. The number of aromatic nitrogens is 3. The van der Waals surface area contributed by atoms with E-state index in [1.54, 1.807) is 0 Å². The largest absolute Gasteiger partial charge is 0.349 e. The monoisotopic (exact) mass is 392 g/mol. The maximum absolute atomic E-state index is 12.6. The van der Waals surface area contributed by atoms with E-state index in [1.807, 2.05) is 29.7 Å². The van der Waals surface area contributed by atoms with Crippen LogP contribution in [0.3, 0.4) is 0 Å². The molecule has 6 heteroatoms. The lowest BCUT2D eigenvalue weighted by atomic mass is 9.88. The zero-order chi connectivity index (χ0) is 19.5. The zero-order valence-corrected chi connectivity index (χ0v) is 17.0. The number of aryl methyl sites for hydroxylation is 3. The van der Waals surface area contributed by atoms with Crippen LogP contribution in [0, 0.1) is 13.8 Å². The van der Waals surface area contributed by atoms with Crippen molar-refractivity contribution in [1.29, 1.82) is 0 Å². The first-order valence-corrected chi connectivity index (χ1v) is 10.6. The molecule has 1 heterocycles. The number of thioether (sulfide) groups is 1. The number of hydrogen-bond donors (Lipinski definition) is 1. The molecule has 2 aromatic carbocycles. The summed E-state index contributed by atoms with van der Waals surface area (Å²) < 4.78 is 2.00. The fourth-order valence-corrected chi connectivity index (χ4v) is 4.58. The molecule has 1 N–H and O–H groups in total. The molecule has 1 aromatic heterocycles. The standard InChI is InChI=1S/C22H24N4OS/c1-15-7-5-10-18(13-15)26-16(2)24-25-22(26)28-14-21(27)23-20-12-6-9-17-8-3-4-11-19(17)20/h3-5,7-8,10-11,13,20H,6,9,12,14H2,1-2H3,(H,23,27)/t20-/m1/s1. The third kappa shape index (κ3) is 3.97. The maximum atomic E-state index is 12.6. The van der Waals surface area contributed by atoms with Gasteiger partial charge < -0.3 is 5.32 Å². The molecule has 0 bridgehead atoms. The first-order chi connectivity index (χ1) is 13.6. The second kappa shape index (κ2) is 8.19. The van der Waals surface area contributed by atoms with Crippen LogP contribution in [0.5, 0.6) is 0 Å². The normalized spacial score (nSPS) is 15.9. The van der Waals surface area contributed by atoms with Crippen molar-refractivity contribution in [2.24, 2.45) is 0 Å². The van der Waals surface area contributed by atoms with E-state index in [4.69, 9.17) is 0 Å². The summed E-state index contributed by atoms with van der Waals surface area (Å²) in [6.07, 6.45) is 3.19. The number of nitrogens with zero attached hydrogens (tertiary/aromatic N) is 3. The molecule has 1 amide bonds. The number of fused-ring (bicyclic) bond motifs is 1. The number of hydrogen-bond acceptors (Lipinski definition) is 4. The van der Waals surface area contributed by atoms with E-state index < -0.39 is 0 Å². The van der Waals surface area contributed by atoms with Crippen molar-refractivity contribution in [2.75, 3.05) is 5.75 Å². The Balaban J connectivity index is 1.44. The Hall–Kier alpha value is -2.60. The predicted molar refractivity (Wildman–Crippen MR) is 112 cm³/mol. The second-order valence-corrected chi connectivity index (χ2v) is 8.15. The van der Waals surface area contributed by atoms with Gasteiger partial charge in [-0.1, -0.05) is 48.2 Å². The molecule has 0 saturated carbocycles. The van der Waals surface area contributed by atoms with E-state index in [-0.39, 0.29) is 11.9 Å². The highest BCUT2D eigenvalue weighted by Gasteiger charge is 2.22. The van der Waals surface area contributed by atoms with Crippen molar-refractivity contribution >= 4 is 17.7 Å². The summed E-state index contributed by atoms with van der Waals surface area (Å²) in [5.41, 5.74) is 4.80. The van der Waals surface area contributed by atoms with Gasteiger partial charge in [-0.15, -0.1) is 10.2 Å². The fourth-order valence-electron chi connectivity index (χ4n) is 3.77. The quantitative estimate of drug-likeness (QED) is 0.662. The van der Waals surface area contributed by atoms with Gasteiger partial charge >= 0.3 is 0 Å². The maximum Gasteiger partial charge on any atom is 0.230 e. The molecule has 144 valence electrons. The lowest BCUT2D eigenvalue weighted by Crippen LogP contribution is -2.32. The van der Waals surface area contributed by atoms with Gasteiger partial charge in [0, 0.05) is 5.69 Å². The van der Waals surface area contributed by atoms with Gasteiger partial charge in [0.1, 0.15) is 5.82 Å². The Morgan fingerprint density at radius 1 is 1.18 bits per heavy atom. The number of amides is 1. The van der Waals surface area contributed by atoms with Gasteiger partial charge in [-0.25, -0.2) is 0 Å². The molecule has 3 aromatic rings. The molecule has 0 fully saturated rings. The number of carbonyl (C=O) groups is 1. The molecule has 0 radical (unpaired) electrons. The molecule has 0 unspecified atom stereocenters. The molecule has 0 aliphatic heterocycles. The van der Waals surface area contributed by atoms with Gasteiger partial charge in [0.15, 0.2) is 5.16 Å². The Morgan fingerprint density at radius 2 is 2.04 bits per heavy atom. The average Bonchev–Trinajstić information content (AvgIpc) is 3.07. The molecule has 1 aliphatic carbocycles. The summed E-state index contributed by atoms with van der Waals surface area (Å²) in [6.45, 7) is 3.99. The number of rotatable bonds is 5. The Morgan fingerprint density at radius 3 is 2.89 bits per heavy atom. The molecule has 4 rings (SSSR count). The molecule has 28 heavy (non-hydrogen) atoms. The second-order valence-electron chi connectivity index (χ2n) is 7.20. The topological polar surface area (TPSA) is 59.8 Å². The molecule has 1 aliphatic rings. The van der Waals surface area contributed by atoms with Gasteiger partial charge in [-0.3, -0.25) is 9.36 Å². The van der Waals surface area contributed by atoms with Crippen molar-refractivity contribution in [3.05, 3.63) is 71.0 Å². The molecular weight excluding hydrogens is 368 g/mol. The first-order valence-electron chi connectivity index (χ1n) is 9.61. The molecule has 1 atom stereocenters. The van der Waals surface area contributed by atoms with Crippen LogP contribution < -0.4 is 5.32 Å². The molecule has 5 nitrogen and oxygen atoms in total. The van der Waals surface area contributed by atoms with Crippen molar-refractivity contribution < 1.29 is 4.79 Å². The van der Waals surface area contributed by atoms with E-state index >= 15 is 0 Å². The van der Waals surface area contributed by atoms with Crippen LogP contribution in [0.4, 0.5) is 0 Å². The van der Waals surface area contributed by atoms with E-state index in [9.17, 15) is 4.79 Å². The number of carbonyl (C=O) groups excluding carboxylic acids is 1. The summed E-state index contributed by atoms with van der Waals surface area (Å²) in [7, 11) is 0. The van der Waals surface area contributed by atoms with Crippen molar-refractivity contribution in [3.8, 4) is 5.69 Å². The summed E-state index contributed by atoms with van der Waals surface area (Å²) in [5, 5.41) is 12.4. The number of nitrogens with one attached hydrogen (secondary N) is 1. The highest BCUT2D eigenvalue weighted by molar-refractivity contribution is 7.99. The van der Waals surface area contributed by atoms with Gasteiger partial charge in [0.05, 0.1) is 11.8 Å². The van der Waals surface area contributed by atoms with Crippen LogP contribution in [0.2, 0.25) is 0 Å². The summed E-state index contributed by atoms with van der Waals surface area (Å²) in [5.74, 6) is 1.17. The minimum Gasteiger partial charge on any atom is -0.349 e. The van der Waals surface area contributed by atoms with Crippen LogP contribution in [0.15, 0.2) is 53.7 Å². The summed E-state index contributed by atoms with van der Waals surface area (Å²) in [4.78, 5) is 12.6. The third-order valence-corrected chi connectivity index (χ3v) is 6.02. The zero-order valence-electron chi connectivity index (χ0n) is 16.2. The van der Waals surface area contributed by atoms with Gasteiger partial charge in [-0.05, 0) is 61.9 Å².